The lowest BCUT2D eigenvalue weighted by Gasteiger charge is -2.13. The van der Waals surface area contributed by atoms with E-state index >= 15 is 0 Å². The highest BCUT2D eigenvalue weighted by Gasteiger charge is 2.13. The average molecular weight is 355 g/mol. The number of aliphatic imine (C=N–C) groups is 1. The van der Waals surface area contributed by atoms with Gasteiger partial charge in [-0.2, -0.15) is 0 Å². The number of guanidine groups is 1. The van der Waals surface area contributed by atoms with Crippen molar-refractivity contribution in [1.29, 1.82) is 0 Å². The molecule has 0 fully saturated rings. The van der Waals surface area contributed by atoms with Crippen LogP contribution in [0, 0.1) is 0 Å². The van der Waals surface area contributed by atoms with Gasteiger partial charge in [0.2, 0.25) is 6.79 Å². The lowest BCUT2D eigenvalue weighted by molar-refractivity contribution is 0.174. The Labute approximate surface area is 154 Å². The van der Waals surface area contributed by atoms with Crippen LogP contribution >= 0.6 is 0 Å². The van der Waals surface area contributed by atoms with Gasteiger partial charge in [0.25, 0.3) is 0 Å². The monoisotopic (exact) mass is 355 g/mol. The summed E-state index contributed by atoms with van der Waals surface area (Å²) in [7, 11) is 1.76. The van der Waals surface area contributed by atoms with Crippen molar-refractivity contribution in [2.24, 2.45) is 4.99 Å². The molecule has 2 aromatic rings. The van der Waals surface area contributed by atoms with E-state index in [0.717, 1.165) is 47.4 Å². The minimum atomic E-state index is 0.288. The molecule has 0 spiro atoms. The molecule has 0 aliphatic carbocycles. The van der Waals surface area contributed by atoms with E-state index in [1.807, 2.05) is 36.4 Å². The minimum Gasteiger partial charge on any atom is -0.494 e. The van der Waals surface area contributed by atoms with Gasteiger partial charge in [-0.05, 0) is 41.8 Å². The van der Waals surface area contributed by atoms with Crippen molar-refractivity contribution in [2.75, 3.05) is 20.4 Å². The second kappa shape index (κ2) is 8.99. The molecule has 0 amide bonds. The molecule has 0 saturated carbocycles. The summed E-state index contributed by atoms with van der Waals surface area (Å²) >= 11 is 0. The molecular weight excluding hydrogens is 330 g/mol. The lowest BCUT2D eigenvalue weighted by Crippen LogP contribution is -2.36. The van der Waals surface area contributed by atoms with E-state index in [2.05, 4.69) is 28.6 Å². The van der Waals surface area contributed by atoms with Crippen LogP contribution in [0.1, 0.15) is 24.5 Å². The molecule has 1 aliphatic heterocycles. The summed E-state index contributed by atoms with van der Waals surface area (Å²) in [4.78, 5) is 4.27. The Morgan fingerprint density at radius 1 is 1.04 bits per heavy atom. The number of nitrogens with one attached hydrogen (secondary N) is 2. The highest BCUT2D eigenvalue weighted by molar-refractivity contribution is 5.79. The first-order chi connectivity index (χ1) is 12.8. The zero-order valence-corrected chi connectivity index (χ0v) is 15.2. The molecule has 138 valence electrons. The van der Waals surface area contributed by atoms with Gasteiger partial charge < -0.3 is 24.8 Å². The molecule has 1 aliphatic rings. The number of benzene rings is 2. The lowest BCUT2D eigenvalue weighted by atomic mass is 10.2. The Bertz CT molecular complexity index is 762. The van der Waals surface area contributed by atoms with Crippen LogP contribution in [0.3, 0.4) is 0 Å². The summed E-state index contributed by atoms with van der Waals surface area (Å²) in [5.41, 5.74) is 2.25. The van der Waals surface area contributed by atoms with Gasteiger partial charge in [0, 0.05) is 20.1 Å². The maximum absolute atomic E-state index is 5.68. The molecule has 0 atom stereocenters. The smallest absolute Gasteiger partial charge is 0.231 e. The van der Waals surface area contributed by atoms with E-state index in [4.69, 9.17) is 14.2 Å². The number of hydrogen-bond donors (Lipinski definition) is 2. The zero-order chi connectivity index (χ0) is 18.2. The minimum absolute atomic E-state index is 0.288. The van der Waals surface area contributed by atoms with E-state index in [0.29, 0.717) is 13.1 Å². The van der Waals surface area contributed by atoms with Crippen molar-refractivity contribution >= 4 is 5.96 Å². The second-order valence-corrected chi connectivity index (χ2v) is 5.96. The maximum Gasteiger partial charge on any atom is 0.231 e. The summed E-state index contributed by atoms with van der Waals surface area (Å²) in [6.45, 7) is 4.44. The highest BCUT2D eigenvalue weighted by atomic mass is 16.7. The molecular formula is C20H25N3O3. The SMILES string of the molecule is CCCOc1cccc(CNC(=NC)NCc2ccc3c(c2)OCO3)c1. The zero-order valence-electron chi connectivity index (χ0n) is 15.2. The number of fused-ring (bicyclic) bond motifs is 1. The molecule has 0 aromatic heterocycles. The van der Waals surface area contributed by atoms with Crippen molar-refractivity contribution in [3.63, 3.8) is 0 Å². The third kappa shape index (κ3) is 4.81. The van der Waals surface area contributed by atoms with E-state index in [-0.39, 0.29) is 6.79 Å². The molecule has 0 radical (unpaired) electrons. The van der Waals surface area contributed by atoms with Crippen LogP contribution in [0.2, 0.25) is 0 Å². The topological polar surface area (TPSA) is 64.1 Å². The summed E-state index contributed by atoms with van der Waals surface area (Å²) < 4.78 is 16.4. The summed E-state index contributed by atoms with van der Waals surface area (Å²) in [6, 6.07) is 14.0. The fourth-order valence-corrected chi connectivity index (χ4v) is 2.61. The fraction of sp³-hybridized carbons (Fsp3) is 0.350. The van der Waals surface area contributed by atoms with E-state index in [9.17, 15) is 0 Å². The Kier molecular flexibility index (Phi) is 6.19. The number of ether oxygens (including phenoxy) is 3. The van der Waals surface area contributed by atoms with E-state index in [1.54, 1.807) is 7.05 Å². The van der Waals surface area contributed by atoms with Gasteiger partial charge in [-0.15, -0.1) is 0 Å². The number of nitrogens with zero attached hydrogens (tertiary/aromatic N) is 1. The van der Waals surface area contributed by atoms with Gasteiger partial charge in [-0.1, -0.05) is 25.1 Å². The summed E-state index contributed by atoms with van der Waals surface area (Å²) in [5, 5.41) is 6.63. The number of hydrogen-bond acceptors (Lipinski definition) is 4. The van der Waals surface area contributed by atoms with Gasteiger partial charge >= 0.3 is 0 Å². The van der Waals surface area contributed by atoms with Crippen molar-refractivity contribution in [3.8, 4) is 17.2 Å². The van der Waals surface area contributed by atoms with Crippen molar-refractivity contribution in [3.05, 3.63) is 53.6 Å². The molecule has 0 bridgehead atoms. The molecule has 2 aromatic carbocycles. The predicted octanol–water partition coefficient (Wildman–Crippen LogP) is 3.07. The normalized spacial score (nSPS) is 12.8. The van der Waals surface area contributed by atoms with Crippen LogP contribution in [0.15, 0.2) is 47.5 Å². The molecule has 0 unspecified atom stereocenters. The van der Waals surface area contributed by atoms with Crippen LogP contribution in [-0.2, 0) is 13.1 Å². The van der Waals surface area contributed by atoms with Crippen LogP contribution in [0.4, 0.5) is 0 Å². The predicted molar refractivity (Wildman–Crippen MR) is 102 cm³/mol. The Balaban J connectivity index is 1.50. The average Bonchev–Trinajstić information content (AvgIpc) is 3.14. The van der Waals surface area contributed by atoms with Crippen molar-refractivity contribution in [1.82, 2.24) is 10.6 Å². The van der Waals surface area contributed by atoms with Gasteiger partial charge in [0.15, 0.2) is 17.5 Å². The summed E-state index contributed by atoms with van der Waals surface area (Å²) in [6.07, 6.45) is 0.999. The first kappa shape index (κ1) is 17.9. The van der Waals surface area contributed by atoms with Gasteiger partial charge in [0.05, 0.1) is 6.61 Å². The first-order valence-corrected chi connectivity index (χ1v) is 8.83. The van der Waals surface area contributed by atoms with Crippen LogP contribution in [0.5, 0.6) is 17.2 Å². The largest absolute Gasteiger partial charge is 0.494 e. The van der Waals surface area contributed by atoms with Crippen molar-refractivity contribution in [2.45, 2.75) is 26.4 Å². The van der Waals surface area contributed by atoms with E-state index < -0.39 is 0 Å². The molecule has 3 rings (SSSR count). The van der Waals surface area contributed by atoms with Crippen LogP contribution < -0.4 is 24.8 Å². The quantitative estimate of drug-likeness (QED) is 0.590. The Morgan fingerprint density at radius 3 is 2.58 bits per heavy atom. The van der Waals surface area contributed by atoms with Gasteiger partial charge in [-0.3, -0.25) is 4.99 Å². The van der Waals surface area contributed by atoms with Gasteiger partial charge in [-0.25, -0.2) is 0 Å². The molecule has 6 nitrogen and oxygen atoms in total. The van der Waals surface area contributed by atoms with Gasteiger partial charge in [0.1, 0.15) is 5.75 Å². The molecule has 2 N–H and O–H groups in total. The first-order valence-electron chi connectivity index (χ1n) is 8.83. The molecule has 0 saturated heterocycles. The Hall–Kier alpha value is -2.89. The van der Waals surface area contributed by atoms with Crippen molar-refractivity contribution < 1.29 is 14.2 Å². The fourth-order valence-electron chi connectivity index (χ4n) is 2.61. The standard InChI is InChI=1S/C20H25N3O3/c1-3-9-24-17-6-4-5-15(10-17)12-22-20(21-2)23-13-16-7-8-18-19(11-16)26-14-25-18/h4-8,10-11H,3,9,12-14H2,1-2H3,(H2,21,22,23). The molecule has 26 heavy (non-hydrogen) atoms. The molecule has 6 heteroatoms. The third-order valence-corrected chi connectivity index (χ3v) is 3.95. The highest BCUT2D eigenvalue weighted by Crippen LogP contribution is 2.32. The van der Waals surface area contributed by atoms with Crippen LogP contribution in [-0.4, -0.2) is 26.4 Å². The Morgan fingerprint density at radius 2 is 1.81 bits per heavy atom. The summed E-state index contributed by atoms with van der Waals surface area (Å²) in [5.74, 6) is 3.22. The van der Waals surface area contributed by atoms with Crippen LogP contribution in [0.25, 0.3) is 0 Å². The van der Waals surface area contributed by atoms with E-state index in [1.165, 1.54) is 0 Å². The molecule has 1 heterocycles. The second-order valence-electron chi connectivity index (χ2n) is 5.96. The number of rotatable bonds is 7. The maximum atomic E-state index is 5.68. The third-order valence-electron chi connectivity index (χ3n) is 3.95.